The van der Waals surface area contributed by atoms with Crippen LogP contribution in [0, 0.1) is 12.8 Å². The molecule has 1 saturated heterocycles. The molecule has 7 nitrogen and oxygen atoms in total. The normalized spacial score (nSPS) is 18.7. The first-order chi connectivity index (χ1) is 14.8. The van der Waals surface area contributed by atoms with Gasteiger partial charge in [-0.05, 0) is 25.0 Å². The number of likely N-dealkylation sites (tertiary alicyclic amines) is 1. The van der Waals surface area contributed by atoms with E-state index in [-0.39, 0.29) is 19.0 Å². The highest BCUT2D eigenvalue weighted by Gasteiger charge is 2.37. The molecule has 1 N–H and O–H groups in total. The van der Waals surface area contributed by atoms with Crippen LogP contribution in [0.25, 0.3) is 10.9 Å². The van der Waals surface area contributed by atoms with E-state index in [4.69, 9.17) is 4.74 Å². The summed E-state index contributed by atoms with van der Waals surface area (Å²) in [7, 11) is 0. The smallest absolute Gasteiger partial charge is 0.246 e. The number of aryl methyl sites for hydroxylation is 1. The number of fused-ring (bicyclic) bond motifs is 1. The highest BCUT2D eigenvalue weighted by atomic mass is 32.1. The van der Waals surface area contributed by atoms with Crippen molar-refractivity contribution in [2.24, 2.45) is 5.92 Å². The SMILES string of the molecule is C=CC(=O)N1C[C@H](Oc2nc(Nc3ncc(C)s3)cc3c2ccn3CC(C)C)[C@@H](F)C1. The lowest BCUT2D eigenvalue weighted by atomic mass is 10.2. The van der Waals surface area contributed by atoms with Gasteiger partial charge in [0, 0.05) is 29.9 Å². The number of carbonyl (C=O) groups is 1. The lowest BCUT2D eigenvalue weighted by molar-refractivity contribution is -0.125. The van der Waals surface area contributed by atoms with E-state index in [1.807, 2.05) is 25.3 Å². The maximum absolute atomic E-state index is 14.6. The first kappa shape index (κ1) is 21.3. The second-order valence-corrected chi connectivity index (χ2v) is 9.36. The first-order valence-corrected chi connectivity index (χ1v) is 11.1. The van der Waals surface area contributed by atoms with Gasteiger partial charge in [0.1, 0.15) is 5.82 Å². The summed E-state index contributed by atoms with van der Waals surface area (Å²) >= 11 is 1.53. The van der Waals surface area contributed by atoms with Crippen LogP contribution in [-0.2, 0) is 11.3 Å². The van der Waals surface area contributed by atoms with E-state index in [0.29, 0.717) is 17.6 Å². The summed E-state index contributed by atoms with van der Waals surface area (Å²) in [6, 6.07) is 3.89. The Morgan fingerprint density at radius 1 is 1.48 bits per heavy atom. The van der Waals surface area contributed by atoms with E-state index in [1.54, 1.807) is 6.20 Å². The summed E-state index contributed by atoms with van der Waals surface area (Å²) in [4.78, 5) is 23.3. The van der Waals surface area contributed by atoms with E-state index < -0.39 is 12.3 Å². The topological polar surface area (TPSA) is 72.3 Å². The van der Waals surface area contributed by atoms with Crippen LogP contribution in [0.3, 0.4) is 0 Å². The molecule has 0 radical (unpaired) electrons. The summed E-state index contributed by atoms with van der Waals surface area (Å²) in [5.41, 5.74) is 0.946. The van der Waals surface area contributed by atoms with Crippen LogP contribution >= 0.6 is 11.3 Å². The van der Waals surface area contributed by atoms with Crippen molar-refractivity contribution >= 4 is 39.1 Å². The molecule has 0 aromatic carbocycles. The number of nitrogens with zero attached hydrogens (tertiary/aromatic N) is 4. The zero-order chi connectivity index (χ0) is 22.1. The molecule has 2 atom stereocenters. The van der Waals surface area contributed by atoms with Crippen LogP contribution in [0.15, 0.2) is 37.2 Å². The maximum atomic E-state index is 14.6. The van der Waals surface area contributed by atoms with Crippen molar-refractivity contribution in [2.45, 2.75) is 39.6 Å². The third kappa shape index (κ3) is 4.56. The number of pyridine rings is 1. The lowest BCUT2D eigenvalue weighted by Gasteiger charge is -2.17. The minimum Gasteiger partial charge on any atom is -0.469 e. The summed E-state index contributed by atoms with van der Waals surface area (Å²) in [5.74, 6) is 1.07. The van der Waals surface area contributed by atoms with Crippen LogP contribution in [0.2, 0.25) is 0 Å². The van der Waals surface area contributed by atoms with Gasteiger partial charge in [0.15, 0.2) is 17.4 Å². The molecule has 4 heterocycles. The fourth-order valence-corrected chi connectivity index (χ4v) is 4.36. The number of aromatic nitrogens is 3. The highest BCUT2D eigenvalue weighted by Crippen LogP contribution is 2.32. The summed E-state index contributed by atoms with van der Waals surface area (Å²) in [5, 5.41) is 4.77. The van der Waals surface area contributed by atoms with Gasteiger partial charge in [-0.25, -0.2) is 9.37 Å². The standard InChI is InChI=1S/C22H26FN5O2S/c1-5-20(29)28-11-16(23)18(12-28)30-21-15-6-7-27(10-13(2)3)17(15)8-19(25-21)26-22-24-9-14(4)31-22/h5-9,13,16,18H,1,10-12H2,2-4H3,(H,24,25,26)/t16-,18-/m0/s1. The molecule has 1 aliphatic rings. The summed E-state index contributed by atoms with van der Waals surface area (Å²) in [6.07, 6.45) is 2.90. The molecule has 0 saturated carbocycles. The van der Waals surface area contributed by atoms with Crippen LogP contribution < -0.4 is 10.1 Å². The summed E-state index contributed by atoms with van der Waals surface area (Å²) < 4.78 is 22.8. The first-order valence-electron chi connectivity index (χ1n) is 10.3. The Balaban J connectivity index is 1.68. The average Bonchev–Trinajstić information content (AvgIpc) is 3.41. The largest absolute Gasteiger partial charge is 0.469 e. The second kappa shape index (κ2) is 8.66. The maximum Gasteiger partial charge on any atom is 0.246 e. The number of alkyl halides is 1. The molecule has 1 aliphatic heterocycles. The number of hydrogen-bond acceptors (Lipinski definition) is 6. The van der Waals surface area contributed by atoms with Crippen LogP contribution in [0.5, 0.6) is 5.88 Å². The van der Waals surface area contributed by atoms with Gasteiger partial charge in [-0.3, -0.25) is 4.79 Å². The molecule has 0 spiro atoms. The zero-order valence-electron chi connectivity index (χ0n) is 17.8. The molecular formula is C22H26FN5O2S. The number of rotatable bonds is 7. The van der Waals surface area contributed by atoms with E-state index in [1.165, 1.54) is 22.3 Å². The van der Waals surface area contributed by atoms with Crippen LogP contribution in [0.4, 0.5) is 15.3 Å². The van der Waals surface area contributed by atoms with Gasteiger partial charge < -0.3 is 19.5 Å². The number of amides is 1. The number of ether oxygens (including phenoxy) is 1. The number of carbonyl (C=O) groups excluding carboxylic acids is 1. The lowest BCUT2D eigenvalue weighted by Crippen LogP contribution is -2.30. The number of halogens is 1. The minimum absolute atomic E-state index is 0.0106. The number of hydrogen-bond donors (Lipinski definition) is 1. The summed E-state index contributed by atoms with van der Waals surface area (Å²) in [6.45, 7) is 10.7. The molecule has 0 bridgehead atoms. The van der Waals surface area contributed by atoms with Crippen molar-refractivity contribution in [1.82, 2.24) is 19.4 Å². The second-order valence-electron chi connectivity index (χ2n) is 8.13. The fraction of sp³-hybridized carbons (Fsp3) is 0.409. The van der Waals surface area contributed by atoms with Gasteiger partial charge in [-0.2, -0.15) is 4.98 Å². The Kier molecular flexibility index (Phi) is 5.95. The zero-order valence-corrected chi connectivity index (χ0v) is 18.7. The molecule has 3 aromatic rings. The van der Waals surface area contributed by atoms with Crippen LogP contribution in [-0.4, -0.2) is 50.7 Å². The molecule has 0 aliphatic carbocycles. The quantitative estimate of drug-likeness (QED) is 0.551. The van der Waals surface area contributed by atoms with Crippen molar-refractivity contribution in [1.29, 1.82) is 0 Å². The molecule has 0 unspecified atom stereocenters. The van der Waals surface area contributed by atoms with Crippen molar-refractivity contribution in [3.8, 4) is 5.88 Å². The number of anilines is 2. The van der Waals surface area contributed by atoms with Crippen molar-refractivity contribution < 1.29 is 13.9 Å². The highest BCUT2D eigenvalue weighted by molar-refractivity contribution is 7.15. The van der Waals surface area contributed by atoms with E-state index in [2.05, 4.69) is 40.3 Å². The molecule has 31 heavy (non-hydrogen) atoms. The predicted molar refractivity (Wildman–Crippen MR) is 121 cm³/mol. The molecule has 1 amide bonds. The van der Waals surface area contributed by atoms with Gasteiger partial charge in [0.25, 0.3) is 0 Å². The minimum atomic E-state index is -1.29. The average molecular weight is 444 g/mol. The van der Waals surface area contributed by atoms with Gasteiger partial charge in [-0.1, -0.05) is 20.4 Å². The monoisotopic (exact) mass is 443 g/mol. The Hall–Kier alpha value is -2.94. The Morgan fingerprint density at radius 2 is 2.29 bits per heavy atom. The third-order valence-corrected chi connectivity index (χ3v) is 5.93. The third-order valence-electron chi connectivity index (χ3n) is 5.10. The fourth-order valence-electron chi connectivity index (χ4n) is 3.68. The van der Waals surface area contributed by atoms with Crippen molar-refractivity contribution in [3.63, 3.8) is 0 Å². The van der Waals surface area contributed by atoms with Gasteiger partial charge >= 0.3 is 0 Å². The van der Waals surface area contributed by atoms with Crippen LogP contribution in [0.1, 0.15) is 18.7 Å². The van der Waals surface area contributed by atoms with E-state index in [9.17, 15) is 9.18 Å². The Labute approximate surface area is 184 Å². The Morgan fingerprint density at radius 3 is 2.97 bits per heavy atom. The molecule has 9 heteroatoms. The van der Waals surface area contributed by atoms with Gasteiger partial charge in [0.05, 0.1) is 24.0 Å². The van der Waals surface area contributed by atoms with Gasteiger partial charge in [-0.15, -0.1) is 11.3 Å². The molecule has 164 valence electrons. The predicted octanol–water partition coefficient (Wildman–Crippen LogP) is 4.31. The van der Waals surface area contributed by atoms with Crippen molar-refractivity contribution in [2.75, 3.05) is 18.4 Å². The molecular weight excluding hydrogens is 417 g/mol. The molecule has 3 aromatic heterocycles. The number of thiazole rings is 1. The van der Waals surface area contributed by atoms with E-state index in [0.717, 1.165) is 27.5 Å². The van der Waals surface area contributed by atoms with Crippen molar-refractivity contribution in [3.05, 3.63) is 42.1 Å². The molecule has 4 rings (SSSR count). The Bertz CT molecular complexity index is 1110. The van der Waals surface area contributed by atoms with Gasteiger partial charge in [0.2, 0.25) is 11.8 Å². The molecule has 1 fully saturated rings. The van der Waals surface area contributed by atoms with E-state index >= 15 is 0 Å². The number of nitrogens with one attached hydrogen (secondary N) is 1.